The number of hydrogen-bond acceptors (Lipinski definition) is 3. The molecule has 0 aromatic rings. The van der Waals surface area contributed by atoms with Crippen LogP contribution in [0.15, 0.2) is 0 Å². The smallest absolute Gasteiger partial charge is 0.308 e. The molecule has 2 rings (SSSR count). The molecule has 0 amide bonds. The van der Waals surface area contributed by atoms with E-state index in [4.69, 9.17) is 0 Å². The third-order valence-corrected chi connectivity index (χ3v) is 5.27. The van der Waals surface area contributed by atoms with Crippen LogP contribution < -0.4 is 0 Å². The Morgan fingerprint density at radius 3 is 2.65 bits per heavy atom. The van der Waals surface area contributed by atoms with Gasteiger partial charge in [-0.15, -0.1) is 0 Å². The number of carboxylic acids is 1. The van der Waals surface area contributed by atoms with E-state index in [2.05, 4.69) is 23.8 Å². The minimum absolute atomic E-state index is 0.168. The molecule has 0 spiro atoms. The number of likely N-dealkylation sites (N-methyl/N-ethyl adjacent to an activating group) is 2. The van der Waals surface area contributed by atoms with E-state index in [1.807, 2.05) is 0 Å². The van der Waals surface area contributed by atoms with Gasteiger partial charge in [-0.2, -0.15) is 0 Å². The van der Waals surface area contributed by atoms with Crippen LogP contribution >= 0.6 is 0 Å². The molecule has 1 N–H and O–H groups in total. The molecule has 0 bridgehead atoms. The fourth-order valence-corrected chi connectivity index (χ4v) is 4.09. The zero-order valence-electron chi connectivity index (χ0n) is 13.1. The van der Waals surface area contributed by atoms with Gasteiger partial charge in [0.2, 0.25) is 0 Å². The maximum atomic E-state index is 11.5. The highest BCUT2D eigenvalue weighted by molar-refractivity contribution is 5.70. The van der Waals surface area contributed by atoms with E-state index in [1.54, 1.807) is 0 Å². The van der Waals surface area contributed by atoms with E-state index in [9.17, 15) is 9.90 Å². The van der Waals surface area contributed by atoms with Crippen molar-refractivity contribution in [2.75, 3.05) is 26.7 Å². The van der Waals surface area contributed by atoms with Crippen LogP contribution in [0.5, 0.6) is 0 Å². The van der Waals surface area contributed by atoms with E-state index in [1.165, 1.54) is 32.2 Å². The van der Waals surface area contributed by atoms with Crippen molar-refractivity contribution in [3.05, 3.63) is 0 Å². The lowest BCUT2D eigenvalue weighted by atomic mass is 9.93. The molecule has 116 valence electrons. The molecule has 20 heavy (non-hydrogen) atoms. The number of rotatable bonds is 5. The highest BCUT2D eigenvalue weighted by Gasteiger charge is 2.34. The van der Waals surface area contributed by atoms with Gasteiger partial charge in [0.05, 0.1) is 5.92 Å². The third-order valence-electron chi connectivity index (χ3n) is 5.27. The third kappa shape index (κ3) is 3.73. The van der Waals surface area contributed by atoms with E-state index < -0.39 is 5.97 Å². The van der Waals surface area contributed by atoms with E-state index in [0.29, 0.717) is 6.04 Å². The van der Waals surface area contributed by atoms with Crippen molar-refractivity contribution in [2.24, 2.45) is 5.92 Å². The van der Waals surface area contributed by atoms with Gasteiger partial charge < -0.3 is 10.0 Å². The quantitative estimate of drug-likeness (QED) is 0.787. The number of carbonyl (C=O) groups is 1. The molecule has 3 atom stereocenters. The van der Waals surface area contributed by atoms with Gasteiger partial charge in [-0.3, -0.25) is 9.69 Å². The van der Waals surface area contributed by atoms with Crippen LogP contribution in [0.4, 0.5) is 0 Å². The molecule has 1 aliphatic carbocycles. The zero-order chi connectivity index (χ0) is 14.5. The van der Waals surface area contributed by atoms with Crippen molar-refractivity contribution in [3.8, 4) is 0 Å². The summed E-state index contributed by atoms with van der Waals surface area (Å²) in [5, 5.41) is 9.50. The largest absolute Gasteiger partial charge is 0.481 e. The second-order valence-corrected chi connectivity index (χ2v) is 6.51. The Morgan fingerprint density at radius 1 is 1.20 bits per heavy atom. The predicted octanol–water partition coefficient (Wildman–Crippen LogP) is 2.44. The minimum atomic E-state index is -0.595. The van der Waals surface area contributed by atoms with Crippen LogP contribution in [0, 0.1) is 5.92 Å². The molecule has 2 fully saturated rings. The molecule has 3 unspecified atom stereocenters. The van der Waals surface area contributed by atoms with Crippen LogP contribution in [0.1, 0.15) is 51.9 Å². The molecule has 0 aromatic carbocycles. The fraction of sp³-hybridized carbons (Fsp3) is 0.938. The Balaban J connectivity index is 1.97. The van der Waals surface area contributed by atoms with Gasteiger partial charge in [0, 0.05) is 18.6 Å². The van der Waals surface area contributed by atoms with Crippen molar-refractivity contribution < 1.29 is 9.90 Å². The molecular formula is C16H30N2O2. The molecule has 0 aromatic heterocycles. The van der Waals surface area contributed by atoms with Crippen LogP contribution in [0.2, 0.25) is 0 Å². The first kappa shape index (κ1) is 15.8. The average molecular weight is 282 g/mol. The van der Waals surface area contributed by atoms with Gasteiger partial charge in [-0.25, -0.2) is 0 Å². The molecular weight excluding hydrogens is 252 g/mol. The van der Waals surface area contributed by atoms with Crippen molar-refractivity contribution in [2.45, 2.75) is 64.0 Å². The van der Waals surface area contributed by atoms with Crippen molar-refractivity contribution in [1.29, 1.82) is 0 Å². The van der Waals surface area contributed by atoms with Crippen LogP contribution in [0.25, 0.3) is 0 Å². The van der Waals surface area contributed by atoms with Crippen molar-refractivity contribution >= 4 is 5.97 Å². The van der Waals surface area contributed by atoms with Gasteiger partial charge in [-0.1, -0.05) is 26.2 Å². The summed E-state index contributed by atoms with van der Waals surface area (Å²) in [5.74, 6) is -0.763. The molecule has 1 saturated carbocycles. The Kier molecular flexibility index (Phi) is 5.85. The summed E-state index contributed by atoms with van der Waals surface area (Å²) in [5.41, 5.74) is 0. The highest BCUT2D eigenvalue weighted by atomic mass is 16.4. The highest BCUT2D eigenvalue weighted by Crippen LogP contribution is 2.28. The first-order valence-corrected chi connectivity index (χ1v) is 8.30. The van der Waals surface area contributed by atoms with Crippen molar-refractivity contribution in [3.63, 3.8) is 0 Å². The summed E-state index contributed by atoms with van der Waals surface area (Å²) in [6, 6.07) is 0.858. The molecule has 1 aliphatic heterocycles. The monoisotopic (exact) mass is 282 g/mol. The van der Waals surface area contributed by atoms with Crippen LogP contribution in [0.3, 0.4) is 0 Å². The topological polar surface area (TPSA) is 43.8 Å². The minimum Gasteiger partial charge on any atom is -0.481 e. The molecule has 1 heterocycles. The van der Waals surface area contributed by atoms with Gasteiger partial charge >= 0.3 is 5.97 Å². The number of likely N-dealkylation sites (tertiary alicyclic amines) is 1. The van der Waals surface area contributed by atoms with Crippen LogP contribution in [-0.4, -0.2) is 59.6 Å². The number of nitrogens with zero attached hydrogens (tertiary/aromatic N) is 2. The lowest BCUT2D eigenvalue weighted by Crippen LogP contribution is -2.47. The maximum absolute atomic E-state index is 11.5. The van der Waals surface area contributed by atoms with E-state index in [0.717, 1.165) is 32.4 Å². The molecule has 4 nitrogen and oxygen atoms in total. The first-order valence-electron chi connectivity index (χ1n) is 8.30. The lowest BCUT2D eigenvalue weighted by molar-refractivity contribution is -0.144. The second kappa shape index (κ2) is 7.41. The summed E-state index contributed by atoms with van der Waals surface area (Å²) in [6.45, 7) is 5.58. The number of hydrogen-bond donors (Lipinski definition) is 1. The Morgan fingerprint density at radius 2 is 1.95 bits per heavy atom. The van der Waals surface area contributed by atoms with Gasteiger partial charge in [-0.05, 0) is 45.8 Å². The SMILES string of the molecule is CCN1CCCC1CN(C)C1CCCCCC1C(=O)O. The summed E-state index contributed by atoms with van der Waals surface area (Å²) in [7, 11) is 2.14. The standard InChI is InChI=1S/C16H30N2O2/c1-3-18-11-7-8-13(18)12-17(2)15-10-6-4-5-9-14(15)16(19)20/h13-15H,3-12H2,1-2H3,(H,19,20). The second-order valence-electron chi connectivity index (χ2n) is 6.51. The van der Waals surface area contributed by atoms with Gasteiger partial charge in [0.25, 0.3) is 0 Å². The molecule has 4 heteroatoms. The summed E-state index contributed by atoms with van der Waals surface area (Å²) in [6.07, 6.45) is 7.91. The first-order chi connectivity index (χ1) is 9.63. The number of aliphatic carboxylic acids is 1. The predicted molar refractivity (Wildman–Crippen MR) is 80.9 cm³/mol. The normalized spacial score (nSPS) is 32.5. The fourth-order valence-electron chi connectivity index (χ4n) is 4.09. The average Bonchev–Trinajstić information content (AvgIpc) is 2.72. The molecule has 1 saturated heterocycles. The van der Waals surface area contributed by atoms with Gasteiger partial charge in [0.15, 0.2) is 0 Å². The Labute approximate surface area is 123 Å². The summed E-state index contributed by atoms with van der Waals surface area (Å²) < 4.78 is 0. The molecule has 0 radical (unpaired) electrons. The van der Waals surface area contributed by atoms with Gasteiger partial charge in [0.1, 0.15) is 0 Å². The lowest BCUT2D eigenvalue weighted by Gasteiger charge is -2.35. The Hall–Kier alpha value is -0.610. The van der Waals surface area contributed by atoms with Crippen molar-refractivity contribution in [1.82, 2.24) is 9.80 Å². The molecule has 2 aliphatic rings. The maximum Gasteiger partial charge on any atom is 0.308 e. The summed E-state index contributed by atoms with van der Waals surface area (Å²) >= 11 is 0. The van der Waals surface area contributed by atoms with E-state index in [-0.39, 0.29) is 12.0 Å². The summed E-state index contributed by atoms with van der Waals surface area (Å²) in [4.78, 5) is 16.4. The van der Waals surface area contributed by atoms with E-state index >= 15 is 0 Å². The van der Waals surface area contributed by atoms with Crippen LogP contribution in [-0.2, 0) is 4.79 Å². The Bertz CT molecular complexity index is 322. The number of carboxylic acid groups (broad SMARTS) is 1. The zero-order valence-corrected chi connectivity index (χ0v) is 13.1.